The van der Waals surface area contributed by atoms with E-state index >= 15 is 0 Å². The molecule has 2 nitrogen and oxygen atoms in total. The van der Waals surface area contributed by atoms with Crippen molar-refractivity contribution >= 4 is 11.8 Å². The van der Waals surface area contributed by atoms with Crippen LogP contribution in [0.2, 0.25) is 0 Å². The van der Waals surface area contributed by atoms with Crippen LogP contribution in [0.15, 0.2) is 53.4 Å². The normalized spacial score (nSPS) is 9.81. The van der Waals surface area contributed by atoms with E-state index in [1.165, 1.54) is 17.8 Å². The Hall–Kier alpha value is -1.96. The van der Waals surface area contributed by atoms with Crippen LogP contribution in [0.4, 0.5) is 4.39 Å². The third kappa shape index (κ3) is 5.14. The third-order valence-electron chi connectivity index (χ3n) is 2.59. The number of aliphatic hydroxyl groups is 1. The molecule has 0 bridgehead atoms. The van der Waals surface area contributed by atoms with Crippen molar-refractivity contribution in [2.45, 2.75) is 4.90 Å². The summed E-state index contributed by atoms with van der Waals surface area (Å²) in [6, 6.07) is 14.1. The lowest BCUT2D eigenvalue weighted by molar-refractivity contribution is 0.343. The summed E-state index contributed by atoms with van der Waals surface area (Å²) < 4.78 is 19.0. The molecular formula is C17H15FO2S. The van der Waals surface area contributed by atoms with E-state index in [2.05, 4.69) is 11.8 Å². The summed E-state index contributed by atoms with van der Waals surface area (Å²) in [4.78, 5) is 0.628. The van der Waals surface area contributed by atoms with Crippen LogP contribution < -0.4 is 4.74 Å². The van der Waals surface area contributed by atoms with Gasteiger partial charge in [0.15, 0.2) is 0 Å². The SMILES string of the molecule is OCC#Cc1cccc(OCCSc2ccccc2F)c1. The average Bonchev–Trinajstić information content (AvgIpc) is 2.51. The highest BCUT2D eigenvalue weighted by Crippen LogP contribution is 2.21. The second-order valence-corrected chi connectivity index (χ2v) is 5.25. The van der Waals surface area contributed by atoms with Crippen LogP contribution in [0, 0.1) is 17.7 Å². The molecule has 0 aliphatic heterocycles. The highest BCUT2D eigenvalue weighted by Gasteiger charge is 2.01. The smallest absolute Gasteiger partial charge is 0.136 e. The highest BCUT2D eigenvalue weighted by atomic mass is 32.2. The van der Waals surface area contributed by atoms with Gasteiger partial charge in [0.2, 0.25) is 0 Å². The van der Waals surface area contributed by atoms with Gasteiger partial charge in [0.05, 0.1) is 6.61 Å². The molecule has 0 unspecified atom stereocenters. The van der Waals surface area contributed by atoms with Crippen LogP contribution >= 0.6 is 11.8 Å². The molecule has 0 amide bonds. The number of hydrogen-bond acceptors (Lipinski definition) is 3. The van der Waals surface area contributed by atoms with Crippen molar-refractivity contribution in [3.05, 3.63) is 59.9 Å². The summed E-state index contributed by atoms with van der Waals surface area (Å²) in [6.45, 7) is 0.320. The van der Waals surface area contributed by atoms with Gasteiger partial charge in [0, 0.05) is 16.2 Å². The Kier molecular flexibility index (Phi) is 6.14. The zero-order valence-corrected chi connectivity index (χ0v) is 12.2. The Morgan fingerprint density at radius 3 is 2.81 bits per heavy atom. The van der Waals surface area contributed by atoms with E-state index in [-0.39, 0.29) is 12.4 Å². The molecule has 2 aromatic rings. The summed E-state index contributed by atoms with van der Waals surface area (Å²) in [5, 5.41) is 8.66. The number of hydrogen-bond donors (Lipinski definition) is 1. The maximum atomic E-state index is 13.4. The highest BCUT2D eigenvalue weighted by molar-refractivity contribution is 7.99. The minimum absolute atomic E-state index is 0.162. The molecule has 1 N–H and O–H groups in total. The van der Waals surface area contributed by atoms with Gasteiger partial charge in [0.25, 0.3) is 0 Å². The fraction of sp³-hybridized carbons (Fsp3) is 0.176. The molecule has 2 rings (SSSR count). The van der Waals surface area contributed by atoms with Gasteiger partial charge in [-0.3, -0.25) is 0 Å². The molecule has 21 heavy (non-hydrogen) atoms. The van der Waals surface area contributed by atoms with Gasteiger partial charge in [-0.25, -0.2) is 4.39 Å². The molecule has 0 radical (unpaired) electrons. The van der Waals surface area contributed by atoms with Gasteiger partial charge in [-0.1, -0.05) is 30.0 Å². The van der Waals surface area contributed by atoms with Gasteiger partial charge >= 0.3 is 0 Å². The van der Waals surface area contributed by atoms with Crippen LogP contribution in [0.25, 0.3) is 0 Å². The van der Waals surface area contributed by atoms with Crippen molar-refractivity contribution in [1.29, 1.82) is 0 Å². The van der Waals surface area contributed by atoms with Crippen molar-refractivity contribution in [2.24, 2.45) is 0 Å². The molecule has 0 spiro atoms. The molecule has 0 heterocycles. The minimum Gasteiger partial charge on any atom is -0.493 e. The molecule has 4 heteroatoms. The number of thioether (sulfide) groups is 1. The largest absolute Gasteiger partial charge is 0.493 e. The summed E-state index contributed by atoms with van der Waals surface area (Å²) in [5.41, 5.74) is 0.795. The van der Waals surface area contributed by atoms with Crippen molar-refractivity contribution in [2.75, 3.05) is 19.0 Å². The Labute approximate surface area is 128 Å². The first kappa shape index (κ1) is 15.4. The van der Waals surface area contributed by atoms with Crippen LogP contribution in [-0.4, -0.2) is 24.1 Å². The third-order valence-corrected chi connectivity index (χ3v) is 3.60. The zero-order chi connectivity index (χ0) is 14.9. The van der Waals surface area contributed by atoms with Gasteiger partial charge < -0.3 is 9.84 Å². The van der Waals surface area contributed by atoms with E-state index in [0.29, 0.717) is 23.0 Å². The van der Waals surface area contributed by atoms with Crippen molar-refractivity contribution in [3.8, 4) is 17.6 Å². The molecule has 108 valence electrons. The number of halogens is 1. The van der Waals surface area contributed by atoms with Crippen LogP contribution in [-0.2, 0) is 0 Å². The first-order valence-electron chi connectivity index (χ1n) is 6.49. The molecule has 0 aromatic heterocycles. The molecule has 0 fully saturated rings. The van der Waals surface area contributed by atoms with Crippen molar-refractivity contribution in [3.63, 3.8) is 0 Å². The van der Waals surface area contributed by atoms with E-state index in [9.17, 15) is 4.39 Å². The monoisotopic (exact) mass is 302 g/mol. The average molecular weight is 302 g/mol. The van der Waals surface area contributed by atoms with Gasteiger partial charge in [-0.05, 0) is 30.3 Å². The summed E-state index contributed by atoms with van der Waals surface area (Å²) in [6.07, 6.45) is 0. The number of benzene rings is 2. The van der Waals surface area contributed by atoms with Crippen molar-refractivity contribution in [1.82, 2.24) is 0 Å². The van der Waals surface area contributed by atoms with Crippen molar-refractivity contribution < 1.29 is 14.2 Å². The molecule has 0 aliphatic carbocycles. The maximum Gasteiger partial charge on any atom is 0.136 e. The summed E-state index contributed by atoms with van der Waals surface area (Å²) in [7, 11) is 0. The minimum atomic E-state index is -0.205. The maximum absolute atomic E-state index is 13.4. The quantitative estimate of drug-likeness (QED) is 0.522. The predicted molar refractivity (Wildman–Crippen MR) is 83.0 cm³/mol. The first-order valence-corrected chi connectivity index (χ1v) is 7.48. The lowest BCUT2D eigenvalue weighted by Gasteiger charge is -2.07. The number of ether oxygens (including phenoxy) is 1. The Morgan fingerprint density at radius 1 is 1.14 bits per heavy atom. The van der Waals surface area contributed by atoms with E-state index in [1.54, 1.807) is 12.1 Å². The number of aliphatic hydroxyl groups excluding tert-OH is 1. The van der Waals surface area contributed by atoms with E-state index < -0.39 is 0 Å². The van der Waals surface area contributed by atoms with Gasteiger partial charge in [0.1, 0.15) is 18.2 Å². The molecule has 0 saturated heterocycles. The zero-order valence-electron chi connectivity index (χ0n) is 11.4. The van der Waals surface area contributed by atoms with Crippen LogP contribution in [0.3, 0.4) is 0 Å². The molecule has 2 aromatic carbocycles. The van der Waals surface area contributed by atoms with E-state index in [0.717, 1.165) is 5.56 Å². The lowest BCUT2D eigenvalue weighted by atomic mass is 10.2. The molecule has 0 saturated carbocycles. The van der Waals surface area contributed by atoms with E-state index in [4.69, 9.17) is 9.84 Å². The topological polar surface area (TPSA) is 29.5 Å². The Bertz CT molecular complexity index is 646. The first-order chi connectivity index (χ1) is 10.3. The Balaban J connectivity index is 1.82. The predicted octanol–water partition coefficient (Wildman–Crippen LogP) is 3.34. The molecule has 0 atom stereocenters. The fourth-order valence-electron chi connectivity index (χ4n) is 1.68. The van der Waals surface area contributed by atoms with E-state index in [1.807, 2.05) is 30.3 Å². The van der Waals surface area contributed by atoms with Crippen LogP contribution in [0.1, 0.15) is 5.56 Å². The molecular weight excluding hydrogens is 287 g/mol. The van der Waals surface area contributed by atoms with Crippen LogP contribution in [0.5, 0.6) is 5.75 Å². The van der Waals surface area contributed by atoms with Gasteiger partial charge in [-0.2, -0.15) is 0 Å². The second-order valence-electron chi connectivity index (χ2n) is 4.12. The second kappa shape index (κ2) is 8.35. The Morgan fingerprint density at radius 2 is 2.00 bits per heavy atom. The molecule has 0 aliphatic rings. The standard InChI is InChI=1S/C17H15FO2S/c18-16-8-1-2-9-17(16)21-12-11-20-15-7-3-5-14(13-15)6-4-10-19/h1-3,5,7-9,13,19H,10-12H2. The summed E-state index contributed by atoms with van der Waals surface area (Å²) in [5.74, 6) is 6.59. The number of rotatable bonds is 5. The summed E-state index contributed by atoms with van der Waals surface area (Å²) >= 11 is 1.42. The lowest BCUT2D eigenvalue weighted by Crippen LogP contribution is -2.00. The van der Waals surface area contributed by atoms with Gasteiger partial charge in [-0.15, -0.1) is 11.8 Å². The fourth-order valence-corrected chi connectivity index (χ4v) is 2.45.